The van der Waals surface area contributed by atoms with E-state index in [2.05, 4.69) is 9.69 Å². The number of ether oxygens (including phenoxy) is 1. The summed E-state index contributed by atoms with van der Waals surface area (Å²) < 4.78 is 9.71. The molecule has 1 fully saturated rings. The first kappa shape index (κ1) is 12.0. The van der Waals surface area contributed by atoms with E-state index < -0.39 is 0 Å². The average Bonchev–Trinajstić information content (AvgIpc) is 2.89. The van der Waals surface area contributed by atoms with Crippen molar-refractivity contribution in [1.82, 2.24) is 4.37 Å². The van der Waals surface area contributed by atoms with Gasteiger partial charge in [0.1, 0.15) is 5.00 Å². The molecule has 90 valence electrons. The van der Waals surface area contributed by atoms with E-state index in [0.29, 0.717) is 11.9 Å². The minimum absolute atomic E-state index is 0.440. The Balaban J connectivity index is 1.79. The van der Waals surface area contributed by atoms with Crippen LogP contribution in [0.2, 0.25) is 0 Å². The molecule has 1 aliphatic heterocycles. The van der Waals surface area contributed by atoms with Gasteiger partial charge in [-0.25, -0.2) is 0 Å². The van der Waals surface area contributed by atoms with Gasteiger partial charge in [-0.15, -0.1) is 11.8 Å². The van der Waals surface area contributed by atoms with Gasteiger partial charge in [-0.1, -0.05) is 0 Å². The normalized spacial score (nSPS) is 20.2. The molecular formula is C10H17N3OS2. The van der Waals surface area contributed by atoms with Crippen LogP contribution >= 0.6 is 23.3 Å². The van der Waals surface area contributed by atoms with Crippen molar-refractivity contribution in [3.05, 3.63) is 0 Å². The summed E-state index contributed by atoms with van der Waals surface area (Å²) in [6.07, 6.45) is 5.92. The summed E-state index contributed by atoms with van der Waals surface area (Å²) in [6, 6.07) is 0. The molecule has 1 aromatic heterocycles. The molecule has 2 rings (SSSR count). The van der Waals surface area contributed by atoms with Crippen molar-refractivity contribution in [3.8, 4) is 0 Å². The highest BCUT2D eigenvalue weighted by atomic mass is 32.2. The van der Waals surface area contributed by atoms with Crippen LogP contribution in [0.5, 0.6) is 0 Å². The van der Waals surface area contributed by atoms with Crippen LogP contribution in [0.1, 0.15) is 19.3 Å². The highest BCUT2D eigenvalue weighted by molar-refractivity contribution is 7.99. The first-order valence-electron chi connectivity index (χ1n) is 5.46. The summed E-state index contributed by atoms with van der Waals surface area (Å²) in [5, 5.41) is 4.47. The monoisotopic (exact) mass is 259 g/mol. The SMILES string of the molecule is CSc1c(N)nsc1NCCC1CCCO1. The molecule has 1 saturated heterocycles. The third-order valence-electron chi connectivity index (χ3n) is 2.65. The van der Waals surface area contributed by atoms with Crippen molar-refractivity contribution >= 4 is 34.1 Å². The minimum Gasteiger partial charge on any atom is -0.382 e. The molecule has 2 heterocycles. The average molecular weight is 259 g/mol. The molecule has 1 aliphatic rings. The molecule has 0 aliphatic carbocycles. The lowest BCUT2D eigenvalue weighted by molar-refractivity contribution is 0.107. The molecule has 1 aromatic rings. The van der Waals surface area contributed by atoms with E-state index in [1.165, 1.54) is 24.4 Å². The van der Waals surface area contributed by atoms with E-state index >= 15 is 0 Å². The molecule has 0 spiro atoms. The van der Waals surface area contributed by atoms with Gasteiger partial charge in [0.15, 0.2) is 5.82 Å². The number of aromatic nitrogens is 1. The van der Waals surface area contributed by atoms with Gasteiger partial charge in [-0.2, -0.15) is 4.37 Å². The summed E-state index contributed by atoms with van der Waals surface area (Å²) in [6.45, 7) is 1.86. The van der Waals surface area contributed by atoms with Crippen molar-refractivity contribution in [3.63, 3.8) is 0 Å². The van der Waals surface area contributed by atoms with Crippen molar-refractivity contribution in [1.29, 1.82) is 0 Å². The maximum atomic E-state index is 5.76. The zero-order valence-corrected chi connectivity index (χ0v) is 11.0. The quantitative estimate of drug-likeness (QED) is 0.795. The molecular weight excluding hydrogens is 242 g/mol. The lowest BCUT2D eigenvalue weighted by Crippen LogP contribution is -2.12. The standard InChI is InChI=1S/C10H17N3OS2/c1-15-8-9(11)13-16-10(8)12-5-4-7-3-2-6-14-7/h7,12H,2-6H2,1H3,(H2,11,13). The number of hydrogen-bond acceptors (Lipinski definition) is 6. The fourth-order valence-electron chi connectivity index (χ4n) is 1.82. The lowest BCUT2D eigenvalue weighted by atomic mass is 10.2. The Morgan fingerprint density at radius 2 is 2.56 bits per heavy atom. The maximum absolute atomic E-state index is 5.76. The van der Waals surface area contributed by atoms with Crippen molar-refractivity contribution < 1.29 is 4.74 Å². The molecule has 3 N–H and O–H groups in total. The minimum atomic E-state index is 0.440. The number of anilines is 2. The van der Waals surface area contributed by atoms with Crippen LogP contribution in [-0.2, 0) is 4.74 Å². The fourth-order valence-corrected chi connectivity index (χ4v) is 3.39. The van der Waals surface area contributed by atoms with Gasteiger partial charge in [-0.05, 0) is 37.1 Å². The Labute approximate surface area is 104 Å². The Morgan fingerprint density at radius 1 is 1.69 bits per heavy atom. The van der Waals surface area contributed by atoms with Gasteiger partial charge >= 0.3 is 0 Å². The molecule has 1 unspecified atom stereocenters. The summed E-state index contributed by atoms with van der Waals surface area (Å²) in [5.41, 5.74) is 5.76. The summed E-state index contributed by atoms with van der Waals surface area (Å²) in [7, 11) is 0. The second-order valence-electron chi connectivity index (χ2n) is 3.78. The predicted molar refractivity (Wildman–Crippen MR) is 70.4 cm³/mol. The highest BCUT2D eigenvalue weighted by Gasteiger charge is 2.15. The van der Waals surface area contributed by atoms with Crippen LogP contribution < -0.4 is 11.1 Å². The third-order valence-corrected chi connectivity index (χ3v) is 4.42. The summed E-state index contributed by atoms with van der Waals surface area (Å²) >= 11 is 3.08. The fraction of sp³-hybridized carbons (Fsp3) is 0.700. The number of thioether (sulfide) groups is 1. The number of rotatable bonds is 5. The van der Waals surface area contributed by atoms with Crippen LogP contribution in [0.3, 0.4) is 0 Å². The van der Waals surface area contributed by atoms with E-state index in [9.17, 15) is 0 Å². The van der Waals surface area contributed by atoms with Crippen LogP contribution in [0, 0.1) is 0 Å². The van der Waals surface area contributed by atoms with Crippen molar-refractivity contribution in [2.45, 2.75) is 30.3 Å². The molecule has 0 saturated carbocycles. The van der Waals surface area contributed by atoms with E-state index in [1.807, 2.05) is 6.26 Å². The Hall–Kier alpha value is -0.460. The maximum Gasteiger partial charge on any atom is 0.153 e. The molecule has 0 radical (unpaired) electrons. The number of nitrogens with one attached hydrogen (secondary N) is 1. The van der Waals surface area contributed by atoms with Crippen LogP contribution in [0.15, 0.2) is 4.90 Å². The largest absolute Gasteiger partial charge is 0.382 e. The third kappa shape index (κ3) is 2.81. The smallest absolute Gasteiger partial charge is 0.153 e. The van der Waals surface area contributed by atoms with Crippen molar-refractivity contribution in [2.75, 3.05) is 30.5 Å². The van der Waals surface area contributed by atoms with Crippen molar-refractivity contribution in [2.24, 2.45) is 0 Å². The second kappa shape index (κ2) is 5.75. The number of nitrogen functional groups attached to an aromatic ring is 1. The second-order valence-corrected chi connectivity index (χ2v) is 5.37. The van der Waals surface area contributed by atoms with Gasteiger partial charge in [0.25, 0.3) is 0 Å². The van der Waals surface area contributed by atoms with E-state index in [-0.39, 0.29) is 0 Å². The molecule has 6 heteroatoms. The van der Waals surface area contributed by atoms with Gasteiger partial charge in [0, 0.05) is 13.2 Å². The highest BCUT2D eigenvalue weighted by Crippen LogP contribution is 2.34. The summed E-state index contributed by atoms with van der Waals surface area (Å²) in [5.74, 6) is 0.636. The van der Waals surface area contributed by atoms with E-state index in [1.54, 1.807) is 11.8 Å². The van der Waals surface area contributed by atoms with Gasteiger partial charge in [0.2, 0.25) is 0 Å². The van der Waals surface area contributed by atoms with Gasteiger partial charge < -0.3 is 15.8 Å². The number of nitrogens with zero attached hydrogens (tertiary/aromatic N) is 1. The summed E-state index contributed by atoms with van der Waals surface area (Å²) in [4.78, 5) is 1.07. The molecule has 0 aromatic carbocycles. The molecule has 0 bridgehead atoms. The molecule has 16 heavy (non-hydrogen) atoms. The Kier molecular flexibility index (Phi) is 4.31. The van der Waals surface area contributed by atoms with Gasteiger partial charge in [-0.3, -0.25) is 0 Å². The molecule has 1 atom stereocenters. The Bertz CT molecular complexity index is 337. The predicted octanol–water partition coefficient (Wildman–Crippen LogP) is 2.43. The van der Waals surface area contributed by atoms with Gasteiger partial charge in [0.05, 0.1) is 11.0 Å². The zero-order valence-electron chi connectivity index (χ0n) is 9.36. The van der Waals surface area contributed by atoms with E-state index in [0.717, 1.165) is 29.5 Å². The first-order chi connectivity index (χ1) is 7.81. The van der Waals surface area contributed by atoms with E-state index in [4.69, 9.17) is 10.5 Å². The molecule has 0 amide bonds. The lowest BCUT2D eigenvalue weighted by Gasteiger charge is -2.10. The number of hydrogen-bond donors (Lipinski definition) is 2. The molecule has 4 nitrogen and oxygen atoms in total. The zero-order chi connectivity index (χ0) is 11.4. The van der Waals surface area contributed by atoms with Crippen LogP contribution in [-0.4, -0.2) is 29.9 Å². The Morgan fingerprint density at radius 3 is 3.25 bits per heavy atom. The first-order valence-corrected chi connectivity index (χ1v) is 7.45. The van der Waals surface area contributed by atoms with Crippen LogP contribution in [0.4, 0.5) is 10.8 Å². The number of nitrogens with two attached hydrogens (primary N) is 1. The topological polar surface area (TPSA) is 60.2 Å². The van der Waals surface area contributed by atoms with Crippen LogP contribution in [0.25, 0.3) is 0 Å².